The van der Waals surface area contributed by atoms with Gasteiger partial charge >= 0.3 is 6.09 Å². The molecule has 36 nitrogen and oxygen atoms in total. The first-order valence-electron chi connectivity index (χ1n) is 31.3. The van der Waals surface area contributed by atoms with Gasteiger partial charge in [-0.15, -0.1) is 10.2 Å². The first-order valence-corrected chi connectivity index (χ1v) is 35.6. The van der Waals surface area contributed by atoms with Crippen molar-refractivity contribution in [3.05, 3.63) is 90.0 Å². The molecule has 1 aliphatic rings. The molecule has 0 unspecified atom stereocenters. The summed E-state index contributed by atoms with van der Waals surface area (Å²) in [4.78, 5) is 36.2. The van der Waals surface area contributed by atoms with E-state index in [2.05, 4.69) is 36.6 Å². The maximum absolute atomic E-state index is 13.3. The minimum Gasteiger partial charge on any atom is -0.744 e. The molecule has 5 aromatic carbocycles. The van der Waals surface area contributed by atoms with Crippen LogP contribution < -0.4 is 25.4 Å². The molecule has 0 saturated carbocycles. The number of carbonyl (C=O) groups excluding carboxylic acids is 3. The molecular weight excluding hydrogens is 1390 g/mol. The van der Waals surface area contributed by atoms with Crippen molar-refractivity contribution < 1.29 is 126 Å². The van der Waals surface area contributed by atoms with Crippen molar-refractivity contribution in [2.45, 2.75) is 110 Å². The second-order valence-electron chi connectivity index (χ2n) is 23.4. The summed E-state index contributed by atoms with van der Waals surface area (Å²) >= 11 is 0. The molecule has 3 heterocycles. The SMILES string of the molecule is CC(C)(C)OC(=O)N[C@@H](Cc1cn(CCOCCOCCOCCOc2ccc(CCO[C@@H]3O[C@H](CO)[C@@H](O)[C@H](O)[C@H]3O)cc2)nn1)C(=O)NCCOCCOCCOCCn1cc(CNC(=O)COc2cc(S(=O)(=O)O)c3ccc4c(S(=O)(=O)[O-])cc(S(=O)(=O)[O-])c5ccc2c3c54)nn1. The van der Waals surface area contributed by atoms with E-state index in [9.17, 15) is 73.7 Å². The molecule has 1 aliphatic heterocycles. The third-order valence-corrected chi connectivity index (χ3v) is 17.5. The monoisotopic (exact) mass is 1470 g/mol. The predicted octanol–water partition coefficient (Wildman–Crippen LogP) is -0.693. The normalized spacial score (nSPS) is 17.2. The molecule has 0 spiro atoms. The lowest BCUT2D eigenvalue weighted by Gasteiger charge is -2.39. The molecule has 39 heteroatoms. The molecule has 3 amide bonds. The van der Waals surface area contributed by atoms with Gasteiger partial charge in [-0.25, -0.2) is 31.0 Å². The van der Waals surface area contributed by atoms with Gasteiger partial charge < -0.3 is 97.6 Å². The molecule has 7 aromatic rings. The van der Waals surface area contributed by atoms with Gasteiger partial charge in [0.25, 0.3) is 16.0 Å². The van der Waals surface area contributed by atoms with E-state index in [1.807, 2.05) is 12.1 Å². The number of aromatic nitrogens is 6. The number of alkyl carbamates (subject to hydrolysis) is 1. The molecule has 1 saturated heterocycles. The first-order chi connectivity index (χ1) is 47.6. The Morgan fingerprint density at radius 1 is 0.620 bits per heavy atom. The highest BCUT2D eigenvalue weighted by atomic mass is 32.2. The fourth-order valence-corrected chi connectivity index (χ4v) is 12.4. The van der Waals surface area contributed by atoms with Gasteiger partial charge in [-0.1, -0.05) is 40.8 Å². The molecule has 1 fully saturated rings. The number of aliphatic hydroxyl groups excluding tert-OH is 4. The highest BCUT2D eigenvalue weighted by Gasteiger charge is 2.44. The topological polar surface area (TPSA) is 500 Å². The van der Waals surface area contributed by atoms with E-state index in [0.29, 0.717) is 82.4 Å². The lowest BCUT2D eigenvalue weighted by Crippen LogP contribution is -2.59. The van der Waals surface area contributed by atoms with Crippen LogP contribution in [-0.4, -0.2) is 262 Å². The fraction of sp³-hybridized carbons (Fsp3) is 0.525. The van der Waals surface area contributed by atoms with Crippen molar-refractivity contribution in [1.82, 2.24) is 45.9 Å². The zero-order chi connectivity index (χ0) is 72.2. The Bertz CT molecular complexity index is 4120. The summed E-state index contributed by atoms with van der Waals surface area (Å²) in [5, 5.41) is 62.2. The molecular formula is C61H79N9O27S3-2. The highest BCUT2D eigenvalue weighted by molar-refractivity contribution is 7.87. The van der Waals surface area contributed by atoms with Gasteiger partial charge in [0.2, 0.25) is 5.91 Å². The number of nitrogens with zero attached hydrogens (tertiary/aromatic N) is 6. The number of nitrogens with one attached hydrogen (secondary N) is 3. The Balaban J connectivity index is 0.646. The van der Waals surface area contributed by atoms with Crippen LogP contribution in [0, 0.1) is 0 Å². The van der Waals surface area contributed by atoms with Gasteiger partial charge in [0.15, 0.2) is 12.9 Å². The number of hydrogen-bond donors (Lipinski definition) is 8. The van der Waals surface area contributed by atoms with E-state index in [4.69, 9.17) is 52.1 Å². The van der Waals surface area contributed by atoms with Gasteiger partial charge in [-0.2, -0.15) is 8.42 Å². The molecule has 0 aliphatic carbocycles. The number of benzene rings is 5. The maximum atomic E-state index is 13.3. The van der Waals surface area contributed by atoms with Crippen molar-refractivity contribution in [1.29, 1.82) is 0 Å². The lowest BCUT2D eigenvalue weighted by atomic mass is 9.93. The molecule has 8 rings (SSSR count). The van der Waals surface area contributed by atoms with Crippen molar-refractivity contribution in [2.75, 3.05) is 112 Å². The smallest absolute Gasteiger partial charge is 0.408 e. The summed E-state index contributed by atoms with van der Waals surface area (Å²) in [6, 6.07) is 12.1. The third-order valence-electron chi connectivity index (χ3n) is 14.9. The number of aliphatic hydroxyl groups is 4. The molecule has 100 heavy (non-hydrogen) atoms. The van der Waals surface area contributed by atoms with Crippen LogP contribution in [0.2, 0.25) is 0 Å². The zero-order valence-corrected chi connectivity index (χ0v) is 57.0. The average molecular weight is 1470 g/mol. The van der Waals surface area contributed by atoms with Crippen molar-refractivity contribution >= 4 is 80.6 Å². The van der Waals surface area contributed by atoms with Crippen molar-refractivity contribution in [3.8, 4) is 11.5 Å². The molecule has 6 atom stereocenters. The lowest BCUT2D eigenvalue weighted by molar-refractivity contribution is -0.300. The van der Waals surface area contributed by atoms with Crippen LogP contribution in [0.25, 0.3) is 32.3 Å². The Morgan fingerprint density at radius 3 is 1.70 bits per heavy atom. The minimum absolute atomic E-state index is 0.00244. The Labute approximate surface area is 573 Å². The van der Waals surface area contributed by atoms with Crippen LogP contribution >= 0.6 is 0 Å². The first kappa shape index (κ1) is 78.2. The van der Waals surface area contributed by atoms with Gasteiger partial charge in [-0.05, 0) is 57.0 Å². The number of hydrogen-bond acceptors (Lipinski definition) is 30. The number of amides is 3. The molecule has 2 aromatic heterocycles. The summed E-state index contributed by atoms with van der Waals surface area (Å²) in [5.41, 5.74) is 0.864. The Hall–Kier alpha value is -7.52. The second kappa shape index (κ2) is 36.4. The van der Waals surface area contributed by atoms with Crippen LogP contribution in [-0.2, 0) is 115 Å². The van der Waals surface area contributed by atoms with Crippen LogP contribution in [0.15, 0.2) is 87.7 Å². The number of rotatable bonds is 42. The summed E-state index contributed by atoms with van der Waals surface area (Å²) < 4.78 is 173. The van der Waals surface area contributed by atoms with Crippen LogP contribution in [0.3, 0.4) is 0 Å². The quantitative estimate of drug-likeness (QED) is 0.0133. The van der Waals surface area contributed by atoms with Crippen LogP contribution in [0.5, 0.6) is 11.5 Å². The van der Waals surface area contributed by atoms with E-state index in [-0.39, 0.29) is 110 Å². The van der Waals surface area contributed by atoms with E-state index in [0.717, 1.165) is 29.8 Å². The molecule has 0 radical (unpaired) electrons. The average Bonchev–Trinajstić information content (AvgIpc) is 0.872. The summed E-state index contributed by atoms with van der Waals surface area (Å²) in [5.74, 6) is -0.907. The number of carbonyl (C=O) groups is 3. The third kappa shape index (κ3) is 23.0. The van der Waals surface area contributed by atoms with Gasteiger partial charge in [0.05, 0.1) is 134 Å². The van der Waals surface area contributed by atoms with E-state index >= 15 is 0 Å². The number of ether oxygens (including phenoxy) is 11. The maximum Gasteiger partial charge on any atom is 0.408 e. The standard InChI is InChI=1S/C61H81N9O27S3/c1-61(2,3)97-60(77)64-46(30-39-34-69(67-65-39)14-18-88-22-25-91-26-27-92-28-29-93-41-6-4-38(5-7-41)12-16-94-59-57(75)56(74)55(73)48(36-71)96-59)58(76)62-13-17-87-20-23-90-24-21-89-19-15-70-35-40(66-68-70)33-63-52(72)37-95-47-31-49(98(78,79)80)43-10-11-45-51(100(84,85)86)32-50(99(81,82)83)44-9-8-42(47)53(43)54(44)45/h4-11,31-32,34-35,46,48,55-57,59,71,73-75H,12-30,33,36-37H2,1-3H3,(H,62,76)(H,63,72)(H,64,77)(H,78,79,80)(H,81,82,83)(H,84,85,86)/p-2/t46-,48+,55+,56-,57+,59+/m0/s1. The summed E-state index contributed by atoms with van der Waals surface area (Å²) in [6.07, 6.45) is -3.78. The van der Waals surface area contributed by atoms with Gasteiger partial charge in [0.1, 0.15) is 85.0 Å². The van der Waals surface area contributed by atoms with Crippen LogP contribution in [0.4, 0.5) is 4.79 Å². The fourth-order valence-electron chi connectivity index (χ4n) is 10.2. The Kier molecular flexibility index (Phi) is 28.4. The molecule has 550 valence electrons. The van der Waals surface area contributed by atoms with E-state index < -0.39 is 119 Å². The predicted molar refractivity (Wildman–Crippen MR) is 343 cm³/mol. The minimum atomic E-state index is -5.40. The zero-order valence-electron chi connectivity index (χ0n) is 54.6. The largest absolute Gasteiger partial charge is 0.744 e. The summed E-state index contributed by atoms with van der Waals surface area (Å²) in [7, 11) is -15.9. The van der Waals surface area contributed by atoms with E-state index in [1.54, 1.807) is 50.0 Å². The van der Waals surface area contributed by atoms with Crippen molar-refractivity contribution in [2.24, 2.45) is 0 Å². The highest BCUT2D eigenvalue weighted by Crippen LogP contribution is 2.45. The molecule has 0 bridgehead atoms. The van der Waals surface area contributed by atoms with Gasteiger partial charge in [0, 0.05) is 57.5 Å². The summed E-state index contributed by atoms with van der Waals surface area (Å²) in [6.45, 7) is 8.09. The van der Waals surface area contributed by atoms with Crippen molar-refractivity contribution in [3.63, 3.8) is 0 Å². The molecule has 8 N–H and O–H groups in total. The van der Waals surface area contributed by atoms with Crippen LogP contribution in [0.1, 0.15) is 37.7 Å². The van der Waals surface area contributed by atoms with Gasteiger partial charge in [-0.3, -0.25) is 14.1 Å². The second-order valence-corrected chi connectivity index (χ2v) is 27.5. The Morgan fingerprint density at radius 2 is 1.14 bits per heavy atom. The van der Waals surface area contributed by atoms with E-state index in [1.165, 1.54) is 10.7 Å².